The minimum Gasteiger partial charge on any atom is -0.462 e. The standard InChI is InChI=1S/C13H16FN3O.C9H8F2N2O.C4H9N/c1-2-3-6-9-18-13-11(14)12(15-10-16-13)17-7-4-5-8-17;1-2-3-4-5-14-9-7(10)8(11)12-6-13-9;1-2-4-5-3-1/h10H,2,4-5,7-9H2,1H3;6H,2,5H2,1H3;5H,1-4H2. The molecule has 0 aromatic carbocycles. The molecule has 2 fully saturated rings. The summed E-state index contributed by atoms with van der Waals surface area (Å²) < 4.78 is 49.4. The lowest BCUT2D eigenvalue weighted by molar-refractivity contribution is 0.317. The Morgan fingerprint density at radius 2 is 1.30 bits per heavy atom. The van der Waals surface area contributed by atoms with E-state index in [2.05, 4.69) is 48.9 Å². The normalized spacial score (nSPS) is 13.6. The molecule has 2 aliphatic heterocycles. The average Bonchev–Trinajstić information content (AvgIpc) is 3.66. The summed E-state index contributed by atoms with van der Waals surface area (Å²) in [5.74, 6) is 7.97. The number of halogens is 3. The van der Waals surface area contributed by atoms with Crippen LogP contribution in [0.15, 0.2) is 12.7 Å². The number of hydrogen-bond donors (Lipinski definition) is 1. The summed E-state index contributed by atoms with van der Waals surface area (Å²) >= 11 is 0. The van der Waals surface area contributed by atoms with E-state index < -0.39 is 23.5 Å². The van der Waals surface area contributed by atoms with Crippen LogP contribution in [0.1, 0.15) is 52.4 Å². The number of hydrogen-bond acceptors (Lipinski definition) is 8. The Morgan fingerprint density at radius 1 is 0.757 bits per heavy atom. The zero-order valence-corrected chi connectivity index (χ0v) is 21.3. The highest BCUT2D eigenvalue weighted by molar-refractivity contribution is 5.43. The summed E-state index contributed by atoms with van der Waals surface area (Å²) in [7, 11) is 0. The van der Waals surface area contributed by atoms with E-state index in [1.807, 2.05) is 18.7 Å². The molecule has 2 aromatic rings. The molecule has 0 bridgehead atoms. The highest BCUT2D eigenvalue weighted by atomic mass is 19.2. The molecular formula is C26H33F3N6O2. The largest absolute Gasteiger partial charge is 0.462 e. The first-order valence-electron chi connectivity index (χ1n) is 12.4. The third-order valence-corrected chi connectivity index (χ3v) is 4.98. The number of rotatable bonds is 5. The third kappa shape index (κ3) is 10.9. The number of ether oxygens (including phenoxy) is 2. The Kier molecular flexibility index (Phi) is 14.3. The van der Waals surface area contributed by atoms with Crippen molar-refractivity contribution in [3.63, 3.8) is 0 Å². The van der Waals surface area contributed by atoms with Gasteiger partial charge in [-0.3, -0.25) is 0 Å². The second-order valence-electron chi connectivity index (χ2n) is 7.74. The van der Waals surface area contributed by atoms with Crippen molar-refractivity contribution in [2.75, 3.05) is 44.3 Å². The van der Waals surface area contributed by atoms with Gasteiger partial charge in [0.25, 0.3) is 17.7 Å². The maximum absolute atomic E-state index is 14.1. The van der Waals surface area contributed by atoms with Gasteiger partial charge in [0.15, 0.2) is 19.0 Å². The topological polar surface area (TPSA) is 85.3 Å². The summed E-state index contributed by atoms with van der Waals surface area (Å²) in [6.45, 7) is 8.14. The summed E-state index contributed by atoms with van der Waals surface area (Å²) in [4.78, 5) is 16.1. The fourth-order valence-corrected chi connectivity index (χ4v) is 3.22. The molecule has 4 rings (SSSR count). The van der Waals surface area contributed by atoms with Crippen LogP contribution in [-0.2, 0) is 0 Å². The maximum Gasteiger partial charge on any atom is 0.257 e. The molecule has 0 spiro atoms. The van der Waals surface area contributed by atoms with E-state index in [1.165, 1.54) is 32.3 Å². The molecule has 0 saturated carbocycles. The van der Waals surface area contributed by atoms with E-state index in [9.17, 15) is 13.2 Å². The molecule has 4 heterocycles. The Hall–Kier alpha value is -3.57. The minimum atomic E-state index is -1.22. The summed E-state index contributed by atoms with van der Waals surface area (Å²) in [5, 5.41) is 3.22. The van der Waals surface area contributed by atoms with E-state index in [-0.39, 0.29) is 19.1 Å². The van der Waals surface area contributed by atoms with Crippen LogP contribution in [-0.4, -0.2) is 59.3 Å². The lowest BCUT2D eigenvalue weighted by Gasteiger charge is -2.17. The second kappa shape index (κ2) is 17.8. The summed E-state index contributed by atoms with van der Waals surface area (Å²) in [5.41, 5.74) is 0. The van der Waals surface area contributed by atoms with Crippen molar-refractivity contribution in [1.82, 2.24) is 25.3 Å². The van der Waals surface area contributed by atoms with Crippen molar-refractivity contribution in [3.8, 4) is 35.4 Å². The molecule has 37 heavy (non-hydrogen) atoms. The molecule has 8 nitrogen and oxygen atoms in total. The fraction of sp³-hybridized carbons (Fsp3) is 0.538. The van der Waals surface area contributed by atoms with Crippen molar-refractivity contribution in [3.05, 3.63) is 30.2 Å². The molecular weight excluding hydrogens is 485 g/mol. The maximum atomic E-state index is 14.1. The van der Waals surface area contributed by atoms with Gasteiger partial charge in [0, 0.05) is 25.9 Å². The van der Waals surface area contributed by atoms with Gasteiger partial charge >= 0.3 is 0 Å². The van der Waals surface area contributed by atoms with Gasteiger partial charge in [-0.25, -0.2) is 9.97 Å². The molecule has 2 aromatic heterocycles. The van der Waals surface area contributed by atoms with Crippen LogP contribution in [0, 0.1) is 41.3 Å². The zero-order chi connectivity index (χ0) is 26.7. The number of aromatic nitrogens is 4. The fourth-order valence-electron chi connectivity index (χ4n) is 3.22. The highest BCUT2D eigenvalue weighted by Crippen LogP contribution is 2.25. The van der Waals surface area contributed by atoms with E-state index in [0.717, 1.165) is 38.7 Å². The van der Waals surface area contributed by atoms with Crippen LogP contribution in [0.4, 0.5) is 19.0 Å². The smallest absolute Gasteiger partial charge is 0.257 e. The minimum absolute atomic E-state index is 0.0127. The zero-order valence-electron chi connectivity index (χ0n) is 21.3. The van der Waals surface area contributed by atoms with Crippen molar-refractivity contribution < 1.29 is 22.6 Å². The Bertz CT molecular complexity index is 1060. The van der Waals surface area contributed by atoms with Crippen LogP contribution < -0.4 is 19.7 Å². The molecule has 0 unspecified atom stereocenters. The van der Waals surface area contributed by atoms with Gasteiger partial charge in [0.05, 0.1) is 0 Å². The monoisotopic (exact) mass is 518 g/mol. The van der Waals surface area contributed by atoms with Crippen LogP contribution in [0.2, 0.25) is 0 Å². The van der Waals surface area contributed by atoms with Gasteiger partial charge < -0.3 is 19.7 Å². The molecule has 0 radical (unpaired) electrons. The first-order valence-corrected chi connectivity index (χ1v) is 12.4. The summed E-state index contributed by atoms with van der Waals surface area (Å²) in [6, 6.07) is 0. The van der Waals surface area contributed by atoms with Gasteiger partial charge in [-0.05, 0) is 38.8 Å². The Morgan fingerprint density at radius 3 is 1.81 bits per heavy atom. The predicted octanol–water partition coefficient (Wildman–Crippen LogP) is 3.92. The molecule has 2 saturated heterocycles. The average molecular weight is 519 g/mol. The third-order valence-electron chi connectivity index (χ3n) is 4.98. The van der Waals surface area contributed by atoms with Crippen molar-refractivity contribution >= 4 is 5.82 Å². The number of nitrogens with zero attached hydrogens (tertiary/aromatic N) is 5. The molecule has 0 amide bonds. The van der Waals surface area contributed by atoms with Gasteiger partial charge in [0.1, 0.15) is 12.7 Å². The first-order chi connectivity index (χ1) is 18.1. The van der Waals surface area contributed by atoms with E-state index >= 15 is 0 Å². The van der Waals surface area contributed by atoms with Crippen LogP contribution in [0.3, 0.4) is 0 Å². The Balaban J connectivity index is 0.000000224. The van der Waals surface area contributed by atoms with Gasteiger partial charge in [0.2, 0.25) is 11.6 Å². The van der Waals surface area contributed by atoms with E-state index in [4.69, 9.17) is 9.47 Å². The highest BCUT2D eigenvalue weighted by Gasteiger charge is 2.21. The van der Waals surface area contributed by atoms with Crippen molar-refractivity contribution in [1.29, 1.82) is 0 Å². The van der Waals surface area contributed by atoms with Crippen molar-refractivity contribution in [2.24, 2.45) is 0 Å². The quantitative estimate of drug-likeness (QED) is 0.471. The summed E-state index contributed by atoms with van der Waals surface area (Å²) in [6.07, 6.45) is 8.59. The number of anilines is 1. The number of nitrogens with one attached hydrogen (secondary N) is 1. The second-order valence-corrected chi connectivity index (χ2v) is 7.74. The first kappa shape index (κ1) is 29.7. The molecule has 1 N–H and O–H groups in total. The SMILES string of the molecule is C1CCNC1.CCC#CCOc1ncnc(F)c1F.CCC#CCOc1ncnc(N2CCCC2)c1F. The van der Waals surface area contributed by atoms with Crippen LogP contribution in [0.25, 0.3) is 0 Å². The molecule has 2 aliphatic rings. The molecule has 200 valence electrons. The molecule has 0 aliphatic carbocycles. The molecule has 11 heteroatoms. The van der Waals surface area contributed by atoms with Gasteiger partial charge in [-0.1, -0.05) is 25.7 Å². The van der Waals surface area contributed by atoms with E-state index in [1.54, 1.807) is 0 Å². The molecule has 0 atom stereocenters. The lowest BCUT2D eigenvalue weighted by atomic mass is 10.4. The Labute approximate surface area is 216 Å². The predicted molar refractivity (Wildman–Crippen MR) is 135 cm³/mol. The van der Waals surface area contributed by atoms with Gasteiger partial charge in [-0.2, -0.15) is 23.1 Å². The lowest BCUT2D eigenvalue weighted by Crippen LogP contribution is -2.21. The van der Waals surface area contributed by atoms with Gasteiger partial charge in [-0.15, -0.1) is 11.8 Å². The van der Waals surface area contributed by atoms with Crippen LogP contribution >= 0.6 is 0 Å². The van der Waals surface area contributed by atoms with E-state index in [0.29, 0.717) is 12.2 Å². The van der Waals surface area contributed by atoms with Crippen molar-refractivity contribution in [2.45, 2.75) is 52.4 Å². The van der Waals surface area contributed by atoms with Crippen LogP contribution in [0.5, 0.6) is 11.8 Å².